The molecule has 0 N–H and O–H groups in total. The quantitative estimate of drug-likeness (QED) is 0.202. The van der Waals surface area contributed by atoms with Crippen LogP contribution in [0.1, 0.15) is 54.5 Å². The van der Waals surface area contributed by atoms with Crippen LogP contribution in [0, 0.1) is 11.6 Å². The minimum atomic E-state index is -0.923. The van der Waals surface area contributed by atoms with Crippen molar-refractivity contribution in [3.8, 4) is 28.4 Å². The predicted octanol–water partition coefficient (Wildman–Crippen LogP) is 9.57. The van der Waals surface area contributed by atoms with E-state index in [1.807, 2.05) is 48.5 Å². The maximum absolute atomic E-state index is 15.9. The molecule has 7 rings (SSSR count). The van der Waals surface area contributed by atoms with E-state index in [0.717, 1.165) is 44.7 Å². The zero-order valence-corrected chi connectivity index (χ0v) is 24.6. The molecular formula is C38H32F2O3. The summed E-state index contributed by atoms with van der Waals surface area (Å²) in [5, 5.41) is 1.58. The van der Waals surface area contributed by atoms with Gasteiger partial charge < -0.3 is 14.2 Å². The molecule has 1 heterocycles. The second kappa shape index (κ2) is 9.98. The number of methoxy groups -OCH3 is 2. The van der Waals surface area contributed by atoms with Crippen LogP contribution in [0.5, 0.6) is 17.2 Å². The van der Waals surface area contributed by atoms with Crippen LogP contribution in [0.15, 0.2) is 91.0 Å². The number of halogens is 2. The van der Waals surface area contributed by atoms with Gasteiger partial charge in [0.25, 0.3) is 0 Å². The fourth-order valence-corrected chi connectivity index (χ4v) is 7.43. The Kier molecular flexibility index (Phi) is 6.31. The van der Waals surface area contributed by atoms with Crippen LogP contribution >= 0.6 is 0 Å². The standard InChI is InChI=1S/C38H32F2O3/c1-5-37(6-2)34-29(19-25(39)20-30(34)40)33-27-21-31(41-3)32(42-4)22-28(27)36-26(35(33)37)17-18-38(43-36,23-13-9-7-10-14-23)24-15-11-8-12-16-24/h7-22H,5-6H2,1-4H3. The molecule has 5 aromatic carbocycles. The van der Waals surface area contributed by atoms with E-state index in [4.69, 9.17) is 14.2 Å². The molecule has 1 aliphatic heterocycles. The number of hydrogen-bond donors (Lipinski definition) is 0. The van der Waals surface area contributed by atoms with Gasteiger partial charge in [0.1, 0.15) is 17.4 Å². The summed E-state index contributed by atoms with van der Waals surface area (Å²) < 4.78 is 49.6. The van der Waals surface area contributed by atoms with Gasteiger partial charge in [-0.3, -0.25) is 0 Å². The maximum atomic E-state index is 15.9. The second-order valence-corrected chi connectivity index (χ2v) is 11.2. The van der Waals surface area contributed by atoms with Gasteiger partial charge in [-0.2, -0.15) is 0 Å². The maximum Gasteiger partial charge on any atom is 0.178 e. The zero-order chi connectivity index (χ0) is 29.9. The molecule has 0 fully saturated rings. The average molecular weight is 575 g/mol. The average Bonchev–Trinajstić information content (AvgIpc) is 3.35. The molecule has 0 atom stereocenters. The SMILES string of the molecule is CCC1(CC)c2c(F)cc(F)cc2-c2c1c1c(c3cc(OC)c(OC)cc23)OC(c2ccccc2)(c2ccccc2)C=C1. The molecule has 0 bridgehead atoms. The highest BCUT2D eigenvalue weighted by molar-refractivity contribution is 6.09. The summed E-state index contributed by atoms with van der Waals surface area (Å²) in [5.74, 6) is 0.618. The van der Waals surface area contributed by atoms with Crippen molar-refractivity contribution in [3.63, 3.8) is 0 Å². The van der Waals surface area contributed by atoms with Crippen LogP contribution in [-0.4, -0.2) is 14.2 Å². The minimum Gasteiger partial charge on any atom is -0.493 e. The van der Waals surface area contributed by atoms with E-state index in [2.05, 4.69) is 50.3 Å². The topological polar surface area (TPSA) is 27.7 Å². The lowest BCUT2D eigenvalue weighted by Gasteiger charge is -2.39. The molecule has 0 amide bonds. The van der Waals surface area contributed by atoms with E-state index in [1.165, 1.54) is 6.07 Å². The first kappa shape index (κ1) is 27.2. The number of ether oxygens (including phenoxy) is 3. The number of rotatable bonds is 6. The van der Waals surface area contributed by atoms with Crippen LogP contribution in [0.4, 0.5) is 8.78 Å². The number of hydrogen-bond acceptors (Lipinski definition) is 3. The summed E-state index contributed by atoms with van der Waals surface area (Å²) in [4.78, 5) is 0. The van der Waals surface area contributed by atoms with Gasteiger partial charge in [-0.05, 0) is 59.2 Å². The molecule has 0 spiro atoms. The van der Waals surface area contributed by atoms with Crippen molar-refractivity contribution in [1.82, 2.24) is 0 Å². The molecule has 0 radical (unpaired) electrons. The van der Waals surface area contributed by atoms with Gasteiger partial charge in [0.05, 0.1) is 14.2 Å². The molecule has 43 heavy (non-hydrogen) atoms. The zero-order valence-electron chi connectivity index (χ0n) is 24.6. The van der Waals surface area contributed by atoms with E-state index >= 15 is 4.39 Å². The van der Waals surface area contributed by atoms with Crippen molar-refractivity contribution >= 4 is 16.8 Å². The Hall–Kier alpha value is -4.64. The van der Waals surface area contributed by atoms with Crippen LogP contribution in [0.3, 0.4) is 0 Å². The molecule has 5 heteroatoms. The number of fused-ring (bicyclic) bond motifs is 8. The van der Waals surface area contributed by atoms with E-state index in [-0.39, 0.29) is 0 Å². The van der Waals surface area contributed by atoms with Gasteiger partial charge in [-0.15, -0.1) is 0 Å². The van der Waals surface area contributed by atoms with Crippen molar-refractivity contribution < 1.29 is 23.0 Å². The molecule has 1 aliphatic carbocycles. The van der Waals surface area contributed by atoms with Crippen LogP contribution in [0.25, 0.3) is 28.0 Å². The lowest BCUT2D eigenvalue weighted by atomic mass is 9.71. The van der Waals surface area contributed by atoms with Gasteiger partial charge in [0.2, 0.25) is 0 Å². The Morgan fingerprint density at radius 3 is 1.86 bits per heavy atom. The Balaban J connectivity index is 1.65. The highest BCUT2D eigenvalue weighted by Gasteiger charge is 2.48. The van der Waals surface area contributed by atoms with Crippen LogP contribution in [0.2, 0.25) is 0 Å². The Labute approximate surface area is 250 Å². The van der Waals surface area contributed by atoms with Crippen LogP contribution in [-0.2, 0) is 11.0 Å². The largest absolute Gasteiger partial charge is 0.493 e. The van der Waals surface area contributed by atoms with E-state index in [0.29, 0.717) is 41.2 Å². The van der Waals surface area contributed by atoms with E-state index in [1.54, 1.807) is 14.2 Å². The third-order valence-corrected chi connectivity index (χ3v) is 9.44. The lowest BCUT2D eigenvalue weighted by Crippen LogP contribution is -2.35. The summed E-state index contributed by atoms with van der Waals surface area (Å²) in [6.45, 7) is 4.14. The van der Waals surface area contributed by atoms with Crippen molar-refractivity contribution in [2.45, 2.75) is 37.7 Å². The lowest BCUT2D eigenvalue weighted by molar-refractivity contribution is 0.163. The Bertz CT molecular complexity index is 1870. The molecule has 5 aromatic rings. The number of benzene rings is 5. The summed E-state index contributed by atoms with van der Waals surface area (Å²) in [7, 11) is 3.19. The molecule has 3 nitrogen and oxygen atoms in total. The molecule has 0 saturated carbocycles. The van der Waals surface area contributed by atoms with Gasteiger partial charge in [0, 0.05) is 39.1 Å². The van der Waals surface area contributed by atoms with Gasteiger partial charge >= 0.3 is 0 Å². The summed E-state index contributed by atoms with van der Waals surface area (Å²) in [5.41, 5.74) is 4.11. The first-order valence-electron chi connectivity index (χ1n) is 14.7. The Morgan fingerprint density at radius 1 is 0.721 bits per heavy atom. The molecule has 0 unspecified atom stereocenters. The van der Waals surface area contributed by atoms with Crippen LogP contribution < -0.4 is 14.2 Å². The molecule has 0 aromatic heterocycles. The third-order valence-electron chi connectivity index (χ3n) is 9.44. The second-order valence-electron chi connectivity index (χ2n) is 11.2. The monoisotopic (exact) mass is 574 g/mol. The first-order chi connectivity index (χ1) is 20.9. The Morgan fingerprint density at radius 2 is 1.30 bits per heavy atom. The minimum absolute atomic E-state index is 0.527. The van der Waals surface area contributed by atoms with Gasteiger partial charge in [0.15, 0.2) is 17.1 Å². The van der Waals surface area contributed by atoms with Crippen molar-refractivity contribution in [1.29, 1.82) is 0 Å². The van der Waals surface area contributed by atoms with E-state index < -0.39 is 22.7 Å². The fourth-order valence-electron chi connectivity index (χ4n) is 7.43. The third kappa shape index (κ3) is 3.70. The highest BCUT2D eigenvalue weighted by Crippen LogP contribution is 2.61. The van der Waals surface area contributed by atoms with Gasteiger partial charge in [-0.1, -0.05) is 80.6 Å². The summed E-state index contributed by atoms with van der Waals surface area (Å²) in [6, 6.07) is 26.6. The molecule has 2 aliphatic rings. The summed E-state index contributed by atoms with van der Waals surface area (Å²) in [6.07, 6.45) is 5.48. The molecule has 0 saturated heterocycles. The fraction of sp³-hybridized carbons (Fsp3) is 0.211. The normalized spacial score (nSPS) is 15.4. The van der Waals surface area contributed by atoms with E-state index in [9.17, 15) is 4.39 Å². The van der Waals surface area contributed by atoms with Gasteiger partial charge in [-0.25, -0.2) is 8.78 Å². The highest BCUT2D eigenvalue weighted by atomic mass is 19.1. The van der Waals surface area contributed by atoms with Crippen molar-refractivity contribution in [3.05, 3.63) is 130 Å². The van der Waals surface area contributed by atoms with Crippen molar-refractivity contribution in [2.24, 2.45) is 0 Å². The summed E-state index contributed by atoms with van der Waals surface area (Å²) >= 11 is 0. The smallest absolute Gasteiger partial charge is 0.178 e. The van der Waals surface area contributed by atoms with Crippen molar-refractivity contribution in [2.75, 3.05) is 14.2 Å². The first-order valence-corrected chi connectivity index (χ1v) is 14.7. The predicted molar refractivity (Wildman–Crippen MR) is 167 cm³/mol. The molecular weight excluding hydrogens is 542 g/mol. The molecule has 216 valence electrons.